The second-order valence-corrected chi connectivity index (χ2v) is 10.6. The summed E-state index contributed by atoms with van der Waals surface area (Å²) in [4.78, 5) is 27.3. The van der Waals surface area contributed by atoms with Crippen LogP contribution in [0.2, 0.25) is 5.02 Å². The maximum Gasteiger partial charge on any atom is 0.240 e. The van der Waals surface area contributed by atoms with Crippen molar-refractivity contribution >= 4 is 56.6 Å². The summed E-state index contributed by atoms with van der Waals surface area (Å²) < 4.78 is 0. The molecule has 3 aromatic rings. The Morgan fingerprint density at radius 2 is 2.03 bits per heavy atom. The summed E-state index contributed by atoms with van der Waals surface area (Å²) >= 11 is 9.38. The van der Waals surface area contributed by atoms with E-state index in [4.69, 9.17) is 27.3 Å². The van der Waals surface area contributed by atoms with Gasteiger partial charge in [0.25, 0.3) is 0 Å². The molecule has 1 aliphatic carbocycles. The summed E-state index contributed by atoms with van der Waals surface area (Å²) in [5, 5.41) is 12.0. The average molecular weight is 475 g/mol. The molecular weight excluding hydrogens is 452 g/mol. The van der Waals surface area contributed by atoms with Crippen LogP contribution in [0, 0.1) is 0 Å². The SMILES string of the molecule is NC(=O)[C@H]1C[C@@H](O)CN1c1nc(CSc2ccc(Cl)cc2)nc2sc3c(c12)CCCC3. The molecule has 5 rings (SSSR count). The Balaban J connectivity index is 1.56. The number of β-amino-alcohol motifs (C(OH)–C–C–N with tert-alkyl or cyclic N) is 1. The highest BCUT2D eigenvalue weighted by molar-refractivity contribution is 7.98. The summed E-state index contributed by atoms with van der Waals surface area (Å²) in [6, 6.07) is 7.15. The van der Waals surface area contributed by atoms with Crippen LogP contribution >= 0.6 is 34.7 Å². The Morgan fingerprint density at radius 3 is 2.81 bits per heavy atom. The van der Waals surface area contributed by atoms with Crippen LogP contribution in [0.15, 0.2) is 29.2 Å². The fourth-order valence-electron chi connectivity index (χ4n) is 4.45. The van der Waals surface area contributed by atoms with Crippen molar-refractivity contribution in [2.45, 2.75) is 54.9 Å². The highest BCUT2D eigenvalue weighted by atomic mass is 35.5. The molecule has 2 aromatic heterocycles. The van der Waals surface area contributed by atoms with Gasteiger partial charge >= 0.3 is 0 Å². The fourth-order valence-corrected chi connectivity index (χ4v) is 6.60. The number of halogens is 1. The minimum absolute atomic E-state index is 0.335. The summed E-state index contributed by atoms with van der Waals surface area (Å²) in [6.07, 6.45) is 4.14. The first kappa shape index (κ1) is 21.0. The standard InChI is InChI=1S/C22H23ClN4O2S2/c23-12-5-7-14(8-6-12)30-11-18-25-21(27-10-13(28)9-16(27)20(24)29)19-15-3-1-2-4-17(15)31-22(19)26-18/h5-8,13,16,28H,1-4,9-11H2,(H2,24,29)/t13-,16-/m1/s1. The number of amides is 1. The zero-order chi connectivity index (χ0) is 21.5. The molecule has 6 nitrogen and oxygen atoms in total. The van der Waals surface area contributed by atoms with Crippen molar-refractivity contribution < 1.29 is 9.90 Å². The van der Waals surface area contributed by atoms with Gasteiger partial charge in [-0.1, -0.05) is 11.6 Å². The van der Waals surface area contributed by atoms with Crippen LogP contribution < -0.4 is 10.6 Å². The quantitative estimate of drug-likeness (QED) is 0.544. The number of aliphatic hydroxyl groups is 1. The van der Waals surface area contributed by atoms with Crippen LogP contribution in [0.4, 0.5) is 5.82 Å². The van der Waals surface area contributed by atoms with Crippen molar-refractivity contribution in [2.75, 3.05) is 11.4 Å². The molecule has 2 atom stereocenters. The third-order valence-corrected chi connectivity index (χ3v) is 8.35. The maximum absolute atomic E-state index is 12.1. The average Bonchev–Trinajstić information content (AvgIpc) is 3.33. The predicted octanol–water partition coefficient (Wildman–Crippen LogP) is 3.94. The number of primary amides is 1. The fraction of sp³-hybridized carbons (Fsp3) is 0.409. The number of hydrogen-bond acceptors (Lipinski definition) is 7. The van der Waals surface area contributed by atoms with Gasteiger partial charge in [0.15, 0.2) is 0 Å². The minimum atomic E-state index is -0.594. The molecule has 0 spiro atoms. The first-order valence-corrected chi connectivity index (χ1v) is 12.6. The minimum Gasteiger partial charge on any atom is -0.391 e. The van der Waals surface area contributed by atoms with Gasteiger partial charge in [-0.15, -0.1) is 23.1 Å². The molecule has 0 saturated carbocycles. The van der Waals surface area contributed by atoms with Crippen LogP contribution in [0.25, 0.3) is 10.2 Å². The Labute approximate surface area is 193 Å². The van der Waals surface area contributed by atoms with E-state index < -0.39 is 18.1 Å². The molecule has 2 aliphatic rings. The van der Waals surface area contributed by atoms with E-state index >= 15 is 0 Å². The van der Waals surface area contributed by atoms with E-state index in [-0.39, 0.29) is 0 Å². The van der Waals surface area contributed by atoms with Gasteiger partial charge in [0.1, 0.15) is 22.5 Å². The van der Waals surface area contributed by atoms with Crippen LogP contribution in [0.1, 0.15) is 35.5 Å². The molecule has 9 heteroatoms. The van der Waals surface area contributed by atoms with Crippen molar-refractivity contribution in [1.82, 2.24) is 9.97 Å². The molecule has 3 N–H and O–H groups in total. The largest absolute Gasteiger partial charge is 0.391 e. The number of nitrogens with zero attached hydrogens (tertiary/aromatic N) is 3. The number of carbonyl (C=O) groups is 1. The number of aromatic nitrogens is 2. The van der Waals surface area contributed by atoms with E-state index in [0.717, 1.165) is 40.2 Å². The zero-order valence-electron chi connectivity index (χ0n) is 16.9. The van der Waals surface area contributed by atoms with Gasteiger partial charge in [-0.25, -0.2) is 9.97 Å². The lowest BCUT2D eigenvalue weighted by Crippen LogP contribution is -2.41. The van der Waals surface area contributed by atoms with Gasteiger partial charge in [0, 0.05) is 27.8 Å². The highest BCUT2D eigenvalue weighted by Crippen LogP contribution is 2.41. The first-order valence-electron chi connectivity index (χ1n) is 10.4. The Morgan fingerprint density at radius 1 is 1.26 bits per heavy atom. The third-order valence-electron chi connectivity index (χ3n) is 5.90. The lowest BCUT2D eigenvalue weighted by atomic mass is 9.97. The van der Waals surface area contributed by atoms with E-state index in [1.54, 1.807) is 23.1 Å². The van der Waals surface area contributed by atoms with Crippen LogP contribution in [-0.4, -0.2) is 39.7 Å². The van der Waals surface area contributed by atoms with E-state index in [1.807, 2.05) is 29.2 Å². The van der Waals surface area contributed by atoms with Gasteiger partial charge in [0.05, 0.1) is 17.2 Å². The van der Waals surface area contributed by atoms with Gasteiger partial charge < -0.3 is 15.7 Å². The van der Waals surface area contributed by atoms with E-state index in [9.17, 15) is 9.90 Å². The van der Waals surface area contributed by atoms with Gasteiger partial charge in [-0.3, -0.25) is 4.79 Å². The number of benzene rings is 1. The number of carbonyl (C=O) groups excluding carboxylic acids is 1. The molecule has 1 fully saturated rings. The van der Waals surface area contributed by atoms with E-state index in [2.05, 4.69) is 0 Å². The number of rotatable bonds is 5. The summed E-state index contributed by atoms with van der Waals surface area (Å²) in [5.74, 6) is 1.64. The van der Waals surface area contributed by atoms with Crippen LogP contribution in [-0.2, 0) is 23.4 Å². The van der Waals surface area contributed by atoms with Crippen LogP contribution in [0.3, 0.4) is 0 Å². The van der Waals surface area contributed by atoms with Crippen molar-refractivity contribution in [3.8, 4) is 0 Å². The number of fused-ring (bicyclic) bond motifs is 3. The molecule has 1 saturated heterocycles. The highest BCUT2D eigenvalue weighted by Gasteiger charge is 2.37. The van der Waals surface area contributed by atoms with Crippen molar-refractivity contribution in [3.63, 3.8) is 0 Å². The molecular formula is C22H23ClN4O2S2. The normalized spacial score (nSPS) is 20.9. The molecule has 0 radical (unpaired) electrons. The van der Waals surface area contributed by atoms with Gasteiger partial charge in [0.2, 0.25) is 5.91 Å². The van der Waals surface area contributed by atoms with Crippen LogP contribution in [0.5, 0.6) is 0 Å². The maximum atomic E-state index is 12.1. The molecule has 0 unspecified atom stereocenters. The van der Waals surface area contributed by atoms with Crippen molar-refractivity contribution in [3.05, 3.63) is 45.6 Å². The number of hydrogen-bond donors (Lipinski definition) is 2. The second kappa shape index (κ2) is 8.58. The molecule has 1 aromatic carbocycles. The van der Waals surface area contributed by atoms with Crippen molar-refractivity contribution in [1.29, 1.82) is 0 Å². The number of aliphatic hydroxyl groups excluding tert-OH is 1. The molecule has 162 valence electrons. The number of thiophene rings is 1. The lowest BCUT2D eigenvalue weighted by molar-refractivity contribution is -0.119. The van der Waals surface area contributed by atoms with Gasteiger partial charge in [-0.2, -0.15) is 0 Å². The lowest BCUT2D eigenvalue weighted by Gasteiger charge is -2.25. The predicted molar refractivity (Wildman–Crippen MR) is 126 cm³/mol. The third kappa shape index (κ3) is 4.14. The Bertz CT molecular complexity index is 1130. The smallest absolute Gasteiger partial charge is 0.240 e. The summed E-state index contributed by atoms with van der Waals surface area (Å²) in [7, 11) is 0. The molecule has 0 bridgehead atoms. The molecule has 3 heterocycles. The number of thioether (sulfide) groups is 1. The monoisotopic (exact) mass is 474 g/mol. The van der Waals surface area contributed by atoms with Gasteiger partial charge in [-0.05, 0) is 55.5 Å². The van der Waals surface area contributed by atoms with Crippen molar-refractivity contribution in [2.24, 2.45) is 5.73 Å². The Hall–Kier alpha value is -1.87. The number of nitrogens with two attached hydrogens (primary N) is 1. The summed E-state index contributed by atoms with van der Waals surface area (Å²) in [5.41, 5.74) is 6.99. The second-order valence-electron chi connectivity index (χ2n) is 8.06. The molecule has 1 aliphatic heterocycles. The summed E-state index contributed by atoms with van der Waals surface area (Å²) in [6.45, 7) is 0.355. The molecule has 31 heavy (non-hydrogen) atoms. The van der Waals surface area contributed by atoms with E-state index in [1.165, 1.54) is 16.9 Å². The topological polar surface area (TPSA) is 92.3 Å². The number of aryl methyl sites for hydroxylation is 2. The Kier molecular flexibility index (Phi) is 5.81. The number of anilines is 1. The molecule has 1 amide bonds. The van der Waals surface area contributed by atoms with E-state index in [0.29, 0.717) is 29.6 Å². The zero-order valence-corrected chi connectivity index (χ0v) is 19.3. The first-order chi connectivity index (χ1) is 15.0.